The summed E-state index contributed by atoms with van der Waals surface area (Å²) < 4.78 is 0. The molecule has 0 bridgehead atoms. The molecule has 4 nitrogen and oxygen atoms in total. The second kappa shape index (κ2) is 6.75. The Balaban J connectivity index is 1.75. The lowest BCUT2D eigenvalue weighted by Crippen LogP contribution is -2.42. The van der Waals surface area contributed by atoms with Crippen molar-refractivity contribution in [3.63, 3.8) is 0 Å². The number of likely N-dealkylation sites (N-methyl/N-ethyl adjacent to an activating group) is 1. The molecule has 0 saturated heterocycles. The fourth-order valence-electron chi connectivity index (χ4n) is 2.47. The summed E-state index contributed by atoms with van der Waals surface area (Å²) in [5.41, 5.74) is 2.31. The number of benzene rings is 1. The zero-order chi connectivity index (χ0) is 14.5. The molecule has 1 aliphatic heterocycles. The number of nitrogens with zero attached hydrogens (tertiary/aromatic N) is 1. The third-order valence-corrected chi connectivity index (χ3v) is 4.19. The molecule has 1 amide bonds. The molecule has 2 rings (SSSR count). The van der Waals surface area contributed by atoms with Crippen LogP contribution < -0.4 is 10.6 Å². The highest BCUT2D eigenvalue weighted by atomic mass is 16.2. The van der Waals surface area contributed by atoms with Crippen LogP contribution >= 0.6 is 0 Å². The van der Waals surface area contributed by atoms with Crippen molar-refractivity contribution >= 4 is 11.6 Å². The van der Waals surface area contributed by atoms with Gasteiger partial charge in [-0.3, -0.25) is 4.79 Å². The molecule has 1 heterocycles. The minimum absolute atomic E-state index is 0.0961. The van der Waals surface area contributed by atoms with Crippen LogP contribution in [0.2, 0.25) is 0 Å². The molecule has 2 unspecified atom stereocenters. The summed E-state index contributed by atoms with van der Waals surface area (Å²) in [6.45, 7) is 5.98. The molecule has 1 aromatic carbocycles. The van der Waals surface area contributed by atoms with E-state index in [1.54, 1.807) is 0 Å². The van der Waals surface area contributed by atoms with E-state index in [1.807, 2.05) is 18.2 Å². The van der Waals surface area contributed by atoms with Gasteiger partial charge in [0.15, 0.2) is 0 Å². The van der Waals surface area contributed by atoms with Crippen LogP contribution in [0.25, 0.3) is 0 Å². The number of para-hydroxylation sites is 1. The van der Waals surface area contributed by atoms with E-state index in [0.29, 0.717) is 12.6 Å². The number of carbonyl (C=O) groups excluding carboxylic acids is 1. The van der Waals surface area contributed by atoms with Gasteiger partial charge < -0.3 is 15.5 Å². The van der Waals surface area contributed by atoms with Gasteiger partial charge in [0.05, 0.1) is 0 Å². The van der Waals surface area contributed by atoms with E-state index in [4.69, 9.17) is 0 Å². The topological polar surface area (TPSA) is 44.4 Å². The molecule has 2 atom stereocenters. The highest BCUT2D eigenvalue weighted by molar-refractivity contribution is 5.87. The van der Waals surface area contributed by atoms with Gasteiger partial charge in [-0.2, -0.15) is 0 Å². The maximum Gasteiger partial charge on any atom is 0.242 e. The first kappa shape index (κ1) is 14.9. The summed E-state index contributed by atoms with van der Waals surface area (Å²) in [6.07, 6.45) is 1.91. The second-order valence-electron chi connectivity index (χ2n) is 5.59. The lowest BCUT2D eigenvalue weighted by molar-refractivity contribution is -0.121. The fourth-order valence-corrected chi connectivity index (χ4v) is 2.47. The summed E-state index contributed by atoms with van der Waals surface area (Å²) in [7, 11) is 2.10. The molecule has 0 aromatic heterocycles. The van der Waals surface area contributed by atoms with Crippen molar-refractivity contribution in [3.8, 4) is 0 Å². The van der Waals surface area contributed by atoms with Crippen molar-refractivity contribution in [1.29, 1.82) is 0 Å². The van der Waals surface area contributed by atoms with Crippen molar-refractivity contribution < 1.29 is 4.79 Å². The van der Waals surface area contributed by atoms with Gasteiger partial charge in [-0.05, 0) is 32.0 Å². The summed E-state index contributed by atoms with van der Waals surface area (Å²) in [5.74, 6) is 0.0961. The van der Waals surface area contributed by atoms with Crippen molar-refractivity contribution in [3.05, 3.63) is 29.8 Å². The van der Waals surface area contributed by atoms with E-state index in [0.717, 1.165) is 25.1 Å². The summed E-state index contributed by atoms with van der Waals surface area (Å²) in [5, 5.41) is 6.31. The van der Waals surface area contributed by atoms with Gasteiger partial charge in [0, 0.05) is 31.2 Å². The number of nitrogens with one attached hydrogen (secondary N) is 2. The molecule has 0 radical (unpaired) electrons. The Morgan fingerprint density at radius 2 is 2.25 bits per heavy atom. The Morgan fingerprint density at radius 3 is 2.95 bits per heavy atom. The average molecular weight is 275 g/mol. The van der Waals surface area contributed by atoms with Crippen molar-refractivity contribution in [1.82, 2.24) is 10.2 Å². The highest BCUT2D eigenvalue weighted by Gasteiger charge is 2.25. The largest absolute Gasteiger partial charge is 0.373 e. The molecule has 0 spiro atoms. The summed E-state index contributed by atoms with van der Waals surface area (Å²) in [6, 6.07) is 8.54. The van der Waals surface area contributed by atoms with Gasteiger partial charge >= 0.3 is 0 Å². The van der Waals surface area contributed by atoms with Gasteiger partial charge in [-0.25, -0.2) is 0 Å². The molecule has 0 fully saturated rings. The number of carbonyl (C=O) groups is 1. The van der Waals surface area contributed by atoms with Gasteiger partial charge in [0.25, 0.3) is 0 Å². The maximum absolute atomic E-state index is 12.1. The van der Waals surface area contributed by atoms with Crippen molar-refractivity contribution in [2.24, 2.45) is 0 Å². The summed E-state index contributed by atoms with van der Waals surface area (Å²) in [4.78, 5) is 14.4. The monoisotopic (exact) mass is 275 g/mol. The first-order valence-electron chi connectivity index (χ1n) is 7.44. The van der Waals surface area contributed by atoms with Crippen LogP contribution in [0, 0.1) is 0 Å². The molecule has 2 N–H and O–H groups in total. The van der Waals surface area contributed by atoms with Crippen LogP contribution in [0.15, 0.2) is 24.3 Å². The first-order chi connectivity index (χ1) is 9.61. The average Bonchev–Trinajstić information content (AvgIpc) is 2.90. The zero-order valence-corrected chi connectivity index (χ0v) is 12.6. The van der Waals surface area contributed by atoms with Crippen LogP contribution in [-0.2, 0) is 11.2 Å². The number of hydrogen-bond acceptors (Lipinski definition) is 3. The number of fused-ring (bicyclic) bond motifs is 1. The zero-order valence-electron chi connectivity index (χ0n) is 12.6. The van der Waals surface area contributed by atoms with E-state index in [2.05, 4.69) is 42.5 Å². The Morgan fingerprint density at radius 1 is 1.50 bits per heavy atom. The van der Waals surface area contributed by atoms with E-state index in [-0.39, 0.29) is 11.9 Å². The van der Waals surface area contributed by atoms with E-state index in [9.17, 15) is 4.79 Å². The molecule has 0 saturated carbocycles. The van der Waals surface area contributed by atoms with E-state index < -0.39 is 0 Å². The number of anilines is 1. The van der Waals surface area contributed by atoms with Crippen LogP contribution in [0.1, 0.15) is 25.8 Å². The predicted octanol–water partition coefficient (Wildman–Crippen LogP) is 1.87. The molecular formula is C16H25N3O. The molecule has 0 aliphatic carbocycles. The third kappa shape index (κ3) is 3.51. The number of hydrogen-bond donors (Lipinski definition) is 2. The van der Waals surface area contributed by atoms with E-state index >= 15 is 0 Å². The molecule has 4 heteroatoms. The lowest BCUT2D eigenvalue weighted by Gasteiger charge is -2.23. The normalized spacial score (nSPS) is 18.5. The van der Waals surface area contributed by atoms with Crippen molar-refractivity contribution in [2.75, 3.05) is 25.5 Å². The van der Waals surface area contributed by atoms with Gasteiger partial charge in [-0.1, -0.05) is 25.1 Å². The smallest absolute Gasteiger partial charge is 0.242 e. The molecule has 1 aliphatic rings. The minimum atomic E-state index is -0.124. The third-order valence-electron chi connectivity index (χ3n) is 4.19. The SMILES string of the molecule is CCC(C)N(C)CCNC(=O)C1Cc2ccccc2N1. The second-order valence-corrected chi connectivity index (χ2v) is 5.59. The van der Waals surface area contributed by atoms with Gasteiger partial charge in [0.1, 0.15) is 6.04 Å². The molecule has 1 aromatic rings. The Kier molecular flexibility index (Phi) is 5.01. The fraction of sp³-hybridized carbons (Fsp3) is 0.562. The minimum Gasteiger partial charge on any atom is -0.373 e. The van der Waals surface area contributed by atoms with Crippen LogP contribution in [-0.4, -0.2) is 43.0 Å². The van der Waals surface area contributed by atoms with Crippen LogP contribution in [0.4, 0.5) is 5.69 Å². The molecule has 110 valence electrons. The van der Waals surface area contributed by atoms with Crippen LogP contribution in [0.5, 0.6) is 0 Å². The number of amides is 1. The Labute approximate surface area is 121 Å². The number of rotatable bonds is 6. The Bertz CT molecular complexity index is 436. The van der Waals surface area contributed by atoms with E-state index in [1.165, 1.54) is 5.56 Å². The van der Waals surface area contributed by atoms with Crippen molar-refractivity contribution in [2.45, 2.75) is 38.8 Å². The highest BCUT2D eigenvalue weighted by Crippen LogP contribution is 2.24. The quantitative estimate of drug-likeness (QED) is 0.833. The lowest BCUT2D eigenvalue weighted by atomic mass is 10.1. The van der Waals surface area contributed by atoms with Gasteiger partial charge in [-0.15, -0.1) is 0 Å². The summed E-state index contributed by atoms with van der Waals surface area (Å²) >= 11 is 0. The Hall–Kier alpha value is -1.55. The van der Waals surface area contributed by atoms with Gasteiger partial charge in [0.2, 0.25) is 5.91 Å². The predicted molar refractivity (Wildman–Crippen MR) is 82.9 cm³/mol. The standard InChI is InChI=1S/C16H25N3O/c1-4-12(2)19(3)10-9-17-16(20)15-11-13-7-5-6-8-14(13)18-15/h5-8,12,15,18H,4,9-11H2,1-3H3,(H,17,20). The van der Waals surface area contributed by atoms with Crippen LogP contribution in [0.3, 0.4) is 0 Å². The molecule has 20 heavy (non-hydrogen) atoms. The maximum atomic E-state index is 12.1. The first-order valence-corrected chi connectivity index (χ1v) is 7.44. The molecular weight excluding hydrogens is 250 g/mol.